The molecule has 1 heterocycles. The van der Waals surface area contributed by atoms with E-state index in [1.807, 2.05) is 49.4 Å². The Morgan fingerprint density at radius 3 is 2.67 bits per heavy atom. The van der Waals surface area contributed by atoms with E-state index in [-0.39, 0.29) is 5.38 Å². The van der Waals surface area contributed by atoms with Crippen LogP contribution in [-0.2, 0) is 6.61 Å². The minimum absolute atomic E-state index is 0.107. The van der Waals surface area contributed by atoms with Gasteiger partial charge in [-0.25, -0.2) is 0 Å². The molecule has 2 nitrogen and oxygen atoms in total. The molecule has 1 atom stereocenters. The van der Waals surface area contributed by atoms with Gasteiger partial charge in [0.1, 0.15) is 12.4 Å². The summed E-state index contributed by atoms with van der Waals surface area (Å²) in [5, 5.41) is 2.06. The van der Waals surface area contributed by atoms with Gasteiger partial charge in [0, 0.05) is 11.6 Å². The summed E-state index contributed by atoms with van der Waals surface area (Å²) < 4.78 is 5.85. The molecule has 3 heteroatoms. The van der Waals surface area contributed by atoms with E-state index in [9.17, 15) is 0 Å². The van der Waals surface area contributed by atoms with Crippen molar-refractivity contribution in [3.8, 4) is 5.75 Å². The van der Waals surface area contributed by atoms with Crippen molar-refractivity contribution in [2.75, 3.05) is 0 Å². The van der Waals surface area contributed by atoms with Crippen molar-refractivity contribution in [3.63, 3.8) is 0 Å². The predicted molar refractivity (Wildman–Crippen MR) is 86.8 cm³/mol. The highest BCUT2D eigenvalue weighted by Crippen LogP contribution is 2.28. The van der Waals surface area contributed by atoms with Crippen molar-refractivity contribution < 1.29 is 4.74 Å². The van der Waals surface area contributed by atoms with Crippen LogP contribution in [0.1, 0.15) is 23.6 Å². The highest BCUT2D eigenvalue weighted by molar-refractivity contribution is 6.21. The van der Waals surface area contributed by atoms with Crippen LogP contribution in [0.15, 0.2) is 60.8 Å². The van der Waals surface area contributed by atoms with Gasteiger partial charge < -0.3 is 4.74 Å². The zero-order chi connectivity index (χ0) is 14.7. The van der Waals surface area contributed by atoms with E-state index in [0.717, 1.165) is 27.8 Å². The third kappa shape index (κ3) is 3.17. The number of rotatable bonds is 4. The van der Waals surface area contributed by atoms with E-state index in [4.69, 9.17) is 16.3 Å². The minimum Gasteiger partial charge on any atom is -0.489 e. The Hall–Kier alpha value is -2.06. The summed E-state index contributed by atoms with van der Waals surface area (Å²) in [4.78, 5) is 4.36. The lowest BCUT2D eigenvalue weighted by Crippen LogP contribution is -1.96. The van der Waals surface area contributed by atoms with Crippen molar-refractivity contribution in [2.24, 2.45) is 0 Å². The van der Waals surface area contributed by atoms with Crippen molar-refractivity contribution >= 4 is 22.4 Å². The van der Waals surface area contributed by atoms with Crippen LogP contribution < -0.4 is 4.74 Å². The fraction of sp³-hybridized carbons (Fsp3) is 0.167. The Morgan fingerprint density at radius 1 is 1.10 bits per heavy atom. The van der Waals surface area contributed by atoms with Gasteiger partial charge in [-0.2, -0.15) is 0 Å². The van der Waals surface area contributed by atoms with Crippen molar-refractivity contribution in [2.45, 2.75) is 18.9 Å². The van der Waals surface area contributed by atoms with E-state index < -0.39 is 0 Å². The Labute approximate surface area is 129 Å². The molecule has 0 N–H and O–H groups in total. The molecular weight excluding hydrogens is 282 g/mol. The molecule has 0 saturated heterocycles. The maximum absolute atomic E-state index is 6.17. The Bertz CT molecular complexity index is 741. The molecule has 3 rings (SSSR count). The normalized spacial score (nSPS) is 12.3. The summed E-state index contributed by atoms with van der Waals surface area (Å²) in [5.41, 5.74) is 2.06. The van der Waals surface area contributed by atoms with Crippen LogP contribution in [0.2, 0.25) is 0 Å². The molecule has 1 aromatic heterocycles. The third-order valence-electron chi connectivity index (χ3n) is 3.39. The van der Waals surface area contributed by atoms with Crippen molar-refractivity contribution in [1.82, 2.24) is 4.98 Å². The zero-order valence-electron chi connectivity index (χ0n) is 11.8. The Balaban J connectivity index is 1.85. The van der Waals surface area contributed by atoms with Gasteiger partial charge in [0.15, 0.2) is 0 Å². The second-order valence-electron chi connectivity index (χ2n) is 4.97. The number of hydrogen-bond donors (Lipinski definition) is 0. The molecule has 0 amide bonds. The number of benzene rings is 2. The summed E-state index contributed by atoms with van der Waals surface area (Å²) >= 11 is 6.17. The monoisotopic (exact) mass is 297 g/mol. The predicted octanol–water partition coefficient (Wildman–Crippen LogP) is 5.11. The smallest absolute Gasteiger partial charge is 0.120 e. The fourth-order valence-electron chi connectivity index (χ4n) is 2.33. The zero-order valence-corrected chi connectivity index (χ0v) is 12.5. The fourth-order valence-corrected chi connectivity index (χ4v) is 2.50. The number of aromatic nitrogens is 1. The first-order valence-corrected chi connectivity index (χ1v) is 7.37. The summed E-state index contributed by atoms with van der Waals surface area (Å²) in [5.74, 6) is 0.853. The topological polar surface area (TPSA) is 22.1 Å². The van der Waals surface area contributed by atoms with Crippen molar-refractivity contribution in [1.29, 1.82) is 0 Å². The molecule has 0 fully saturated rings. The largest absolute Gasteiger partial charge is 0.489 e. The van der Waals surface area contributed by atoms with Gasteiger partial charge in [-0.1, -0.05) is 30.3 Å². The number of hydrogen-bond acceptors (Lipinski definition) is 2. The average Bonchev–Trinajstić information content (AvgIpc) is 2.53. The lowest BCUT2D eigenvalue weighted by atomic mass is 10.1. The van der Waals surface area contributed by atoms with Crippen LogP contribution in [0.25, 0.3) is 10.8 Å². The van der Waals surface area contributed by atoms with Crippen LogP contribution in [0.3, 0.4) is 0 Å². The summed E-state index contributed by atoms with van der Waals surface area (Å²) in [6.07, 6.45) is 1.79. The van der Waals surface area contributed by atoms with Crippen molar-refractivity contribution in [3.05, 3.63) is 72.1 Å². The van der Waals surface area contributed by atoms with Crippen LogP contribution in [0.4, 0.5) is 0 Å². The van der Waals surface area contributed by atoms with Crippen LogP contribution >= 0.6 is 11.6 Å². The number of pyridine rings is 1. The van der Waals surface area contributed by atoms with Gasteiger partial charge in [-0.05, 0) is 42.1 Å². The first-order valence-electron chi connectivity index (χ1n) is 6.93. The van der Waals surface area contributed by atoms with Gasteiger partial charge in [0.2, 0.25) is 0 Å². The first kappa shape index (κ1) is 13.9. The number of ether oxygens (including phenoxy) is 1. The minimum atomic E-state index is -0.107. The van der Waals surface area contributed by atoms with Crippen LogP contribution in [-0.4, -0.2) is 4.98 Å². The van der Waals surface area contributed by atoms with Gasteiger partial charge in [0.05, 0.1) is 11.1 Å². The van der Waals surface area contributed by atoms with Crippen LogP contribution in [0, 0.1) is 0 Å². The molecule has 0 radical (unpaired) electrons. The molecule has 1 unspecified atom stereocenters. The molecule has 0 aliphatic rings. The standard InChI is InChI=1S/C18H16ClNO/c1-13(19)18-17-8-7-16(11-15(17)9-10-20-18)21-12-14-5-3-2-4-6-14/h2-11,13H,12H2,1H3. The van der Waals surface area contributed by atoms with Gasteiger partial charge >= 0.3 is 0 Å². The lowest BCUT2D eigenvalue weighted by molar-refractivity contribution is 0.306. The maximum Gasteiger partial charge on any atom is 0.120 e. The highest BCUT2D eigenvalue weighted by Gasteiger charge is 2.08. The molecule has 0 aliphatic carbocycles. The SMILES string of the molecule is CC(Cl)c1nccc2cc(OCc3ccccc3)ccc12. The van der Waals surface area contributed by atoms with E-state index >= 15 is 0 Å². The quantitative estimate of drug-likeness (QED) is 0.624. The van der Waals surface area contributed by atoms with E-state index in [0.29, 0.717) is 6.61 Å². The number of halogens is 1. The Morgan fingerprint density at radius 2 is 1.90 bits per heavy atom. The van der Waals surface area contributed by atoms with E-state index in [2.05, 4.69) is 17.1 Å². The summed E-state index contributed by atoms with van der Waals surface area (Å²) in [6, 6.07) is 18.1. The summed E-state index contributed by atoms with van der Waals surface area (Å²) in [6.45, 7) is 2.50. The van der Waals surface area contributed by atoms with Gasteiger partial charge in [0.25, 0.3) is 0 Å². The number of fused-ring (bicyclic) bond motifs is 1. The molecule has 0 spiro atoms. The van der Waals surface area contributed by atoms with Crippen LogP contribution in [0.5, 0.6) is 5.75 Å². The second-order valence-corrected chi connectivity index (χ2v) is 5.62. The maximum atomic E-state index is 6.17. The number of nitrogens with zero attached hydrogens (tertiary/aromatic N) is 1. The molecule has 0 saturated carbocycles. The Kier molecular flexibility index (Phi) is 4.07. The first-order chi connectivity index (χ1) is 10.2. The lowest BCUT2D eigenvalue weighted by Gasteiger charge is -2.10. The average molecular weight is 298 g/mol. The molecular formula is C18H16ClNO. The third-order valence-corrected chi connectivity index (χ3v) is 3.60. The van der Waals surface area contributed by atoms with Gasteiger partial charge in [-0.3, -0.25) is 4.98 Å². The molecule has 106 valence electrons. The van der Waals surface area contributed by atoms with Gasteiger partial charge in [-0.15, -0.1) is 11.6 Å². The summed E-state index contributed by atoms with van der Waals surface area (Å²) in [7, 11) is 0. The molecule has 21 heavy (non-hydrogen) atoms. The van der Waals surface area contributed by atoms with E-state index in [1.54, 1.807) is 6.20 Å². The molecule has 0 aliphatic heterocycles. The second kappa shape index (κ2) is 6.15. The number of alkyl halides is 1. The molecule has 2 aromatic carbocycles. The molecule has 0 bridgehead atoms. The van der Waals surface area contributed by atoms with E-state index in [1.165, 1.54) is 0 Å². The highest BCUT2D eigenvalue weighted by atomic mass is 35.5. The molecule has 3 aromatic rings.